The second-order valence-corrected chi connectivity index (χ2v) is 73.4. The molecule has 0 atom stereocenters. The summed E-state index contributed by atoms with van der Waals surface area (Å²) in [6.07, 6.45) is 0. The van der Waals surface area contributed by atoms with Crippen molar-refractivity contribution in [2.75, 3.05) is 0 Å². The van der Waals surface area contributed by atoms with E-state index in [1.807, 2.05) is 182 Å². The Kier molecular flexibility index (Phi) is 16.5. The molecule has 0 radical (unpaired) electrons. The zero-order chi connectivity index (χ0) is 38.6. The van der Waals surface area contributed by atoms with Crippen LogP contribution in [-0.2, 0) is 0 Å². The van der Waals surface area contributed by atoms with E-state index in [1.54, 1.807) is 0 Å². The van der Waals surface area contributed by atoms with E-state index in [1.165, 1.54) is 0 Å². The number of hydrogen-bond acceptors (Lipinski definition) is 4. The van der Waals surface area contributed by atoms with Gasteiger partial charge in [-0.25, -0.2) is 9.79 Å². The van der Waals surface area contributed by atoms with Gasteiger partial charge in [-0.15, -0.1) is 0 Å². The van der Waals surface area contributed by atoms with Crippen molar-refractivity contribution in [1.82, 2.24) is 0 Å². The van der Waals surface area contributed by atoms with Gasteiger partial charge in [-0.2, -0.15) is 0 Å². The molecular weight excluding hydrogens is 1140 g/mol. The third-order valence-electron chi connectivity index (χ3n) is 7.72. The van der Waals surface area contributed by atoms with Gasteiger partial charge in [0.05, 0.1) is 0 Å². The van der Waals surface area contributed by atoms with Crippen LogP contribution in [0.2, 0.25) is 0 Å². The summed E-state index contributed by atoms with van der Waals surface area (Å²) in [4.78, 5) is 23.1. The smallest absolute Gasteiger partial charge is 0.235 e. The molecule has 0 aliphatic rings. The molecule has 274 valence electrons. The molecule has 2 N–H and O–H groups in total. The first-order valence-corrected chi connectivity index (χ1v) is 48.0. The molecule has 6 aromatic carbocycles. The predicted octanol–water partition coefficient (Wildman–Crippen LogP) is 10.6. The molecule has 6 aromatic rings. The number of hydrogen-bond donors (Lipinski definition) is 2. The molecule has 0 amide bonds. The summed E-state index contributed by atoms with van der Waals surface area (Å²) in [6.45, 7) is 12.9. The van der Waals surface area contributed by atoms with Crippen molar-refractivity contribution in [2.24, 2.45) is 4.51 Å². The van der Waals surface area contributed by atoms with Gasteiger partial charge in [0.15, 0.2) is 0 Å². The van der Waals surface area contributed by atoms with Gasteiger partial charge in [0.25, 0.3) is 0 Å². The zero-order valence-electron chi connectivity index (χ0n) is 31.3. The van der Waals surface area contributed by atoms with Crippen LogP contribution < -0.4 is 31.8 Å². The van der Waals surface area contributed by atoms with Crippen LogP contribution in [0.25, 0.3) is 0 Å². The Balaban J connectivity index is 0.000000183. The van der Waals surface area contributed by atoms with E-state index in [4.69, 9.17) is 4.51 Å². The second-order valence-electron chi connectivity index (χ2n) is 14.4. The number of nitrogens with zero attached hydrogens (tertiary/aromatic N) is 2. The van der Waals surface area contributed by atoms with Crippen LogP contribution in [0.15, 0.2) is 187 Å². The standard InChI is InChI=1S/2C18H16OP.2C4H9N.2HI.U/c2*19-20(16-10-4-1-5-11-16,17-12-6-2-7-13-17)18-14-8-3-9-15-18;2*1-4(2,3)5;;;/h2*1-15,19H;2*1-3H3;2*1H;/q2*+1;;;;;+2/p-2. The summed E-state index contributed by atoms with van der Waals surface area (Å²) in [7, 11) is -5.05. The minimum Gasteiger partial charge on any atom is -0.235 e. The van der Waals surface area contributed by atoms with Gasteiger partial charge in [-0.1, -0.05) is 109 Å². The largest absolute Gasteiger partial charge is 0.238 e. The zero-order valence-corrected chi connectivity index (χ0v) is 41.5. The Labute approximate surface area is 340 Å². The topological polar surface area (TPSA) is 65.2 Å². The van der Waals surface area contributed by atoms with Crippen LogP contribution >= 0.6 is 48.5 Å². The molecule has 0 unspecified atom stereocenters. The van der Waals surface area contributed by atoms with E-state index in [2.05, 4.69) is 75.1 Å². The third-order valence-corrected chi connectivity index (χ3v) is 30.8. The fraction of sp³-hybridized carbons (Fsp3) is 0.182. The predicted molar refractivity (Wildman–Crippen MR) is 247 cm³/mol. The molecule has 9 heteroatoms. The van der Waals surface area contributed by atoms with Crippen LogP contribution in [0, 0.1) is 14.8 Å². The second kappa shape index (κ2) is 19.9. The van der Waals surface area contributed by atoms with Gasteiger partial charge in [0, 0.05) is 0 Å². The van der Waals surface area contributed by atoms with Gasteiger partial charge in [0.2, 0.25) is 15.0 Å². The van der Waals surface area contributed by atoms with E-state index in [0.29, 0.717) is 0 Å². The van der Waals surface area contributed by atoms with Crippen molar-refractivity contribution < 1.29 is 24.6 Å². The first kappa shape index (κ1) is 43.9. The van der Waals surface area contributed by atoms with Crippen LogP contribution in [0.4, 0.5) is 0 Å². The van der Waals surface area contributed by atoms with Gasteiger partial charge in [0.1, 0.15) is 31.8 Å². The minimum atomic E-state index is -2.73. The number of halogens is 2. The van der Waals surface area contributed by atoms with Crippen molar-refractivity contribution in [3.8, 4) is 0 Å². The van der Waals surface area contributed by atoms with Gasteiger partial charge in [-0.05, 0) is 72.8 Å². The molecule has 0 spiro atoms. The number of rotatable bonds is 6. The van der Waals surface area contributed by atoms with Crippen LogP contribution in [0.3, 0.4) is 0 Å². The fourth-order valence-electron chi connectivity index (χ4n) is 5.59. The molecule has 0 saturated carbocycles. The van der Waals surface area contributed by atoms with Gasteiger partial charge < -0.3 is 0 Å². The molecular formula is C44H50I2N2O2P2U+2. The Hall–Kier alpha value is -1.79. The minimum absolute atomic E-state index is 0.0714. The van der Waals surface area contributed by atoms with Crippen LogP contribution in [0.5, 0.6) is 0 Å². The molecule has 0 saturated heterocycles. The Morgan fingerprint density at radius 2 is 0.509 bits per heavy atom. The van der Waals surface area contributed by atoms with Crippen molar-refractivity contribution in [3.63, 3.8) is 0 Å². The molecule has 0 bridgehead atoms. The van der Waals surface area contributed by atoms with Crippen molar-refractivity contribution >= 4 is 80.3 Å². The van der Waals surface area contributed by atoms with E-state index in [0.717, 1.165) is 31.8 Å². The first-order chi connectivity index (χ1) is 25.0. The van der Waals surface area contributed by atoms with Crippen LogP contribution in [-0.4, -0.2) is 20.9 Å². The summed E-state index contributed by atoms with van der Waals surface area (Å²) >= 11 is 2.29. The molecule has 4 nitrogen and oxygen atoms in total. The average molecular weight is 1190 g/mol. The summed E-state index contributed by atoms with van der Waals surface area (Å²) in [6, 6.07) is 59.7. The Bertz CT molecular complexity index is 1750. The number of benzene rings is 6. The quantitative estimate of drug-likeness (QED) is 0.129. The summed E-state index contributed by atoms with van der Waals surface area (Å²) in [5.41, 5.74) is 0.143. The van der Waals surface area contributed by atoms with Crippen LogP contribution in [0.1, 0.15) is 41.5 Å². The molecule has 6 rings (SSSR count). The van der Waals surface area contributed by atoms with E-state index < -0.39 is 29.8 Å². The van der Waals surface area contributed by atoms with Crippen molar-refractivity contribution in [2.45, 2.75) is 52.6 Å². The summed E-state index contributed by atoms with van der Waals surface area (Å²) < 4.78 is 9.73. The molecule has 0 aromatic heterocycles. The van der Waals surface area contributed by atoms with E-state index in [9.17, 15) is 9.79 Å². The van der Waals surface area contributed by atoms with Gasteiger partial charge in [-0.3, -0.25) is 0 Å². The maximum absolute atomic E-state index is 11.5. The SMILES string of the molecule is CC(C)(C)[N]=[U]([I])([I])=[N]C(C)(C)C.O[P+](c1ccccc1)(c1ccccc1)c1ccccc1.O[P+](c1ccccc1)(c1ccccc1)c1ccccc1. The molecule has 0 heterocycles. The van der Waals surface area contributed by atoms with Crippen molar-refractivity contribution in [1.29, 1.82) is 0 Å². The van der Waals surface area contributed by atoms with Crippen molar-refractivity contribution in [3.05, 3.63) is 182 Å². The molecule has 0 fully saturated rings. The fourth-order valence-corrected chi connectivity index (χ4v) is 44.9. The normalized spacial score (nSPS) is 12.0. The molecule has 53 heavy (non-hydrogen) atoms. The summed E-state index contributed by atoms with van der Waals surface area (Å²) in [5, 5.41) is 5.90. The first-order valence-electron chi connectivity index (χ1n) is 17.5. The third kappa shape index (κ3) is 13.1. The Morgan fingerprint density at radius 1 is 0.358 bits per heavy atom. The monoisotopic (exact) mass is 1190 g/mol. The molecule has 0 aliphatic carbocycles. The van der Waals surface area contributed by atoms with Gasteiger partial charge >= 0.3 is 105 Å². The molecule has 0 aliphatic heterocycles. The average Bonchev–Trinajstić information content (AvgIpc) is 3.15. The van der Waals surface area contributed by atoms with E-state index >= 15 is 0 Å². The maximum Gasteiger partial charge on any atom is 0.238 e. The van der Waals surface area contributed by atoms with E-state index in [-0.39, 0.29) is 11.1 Å². The summed E-state index contributed by atoms with van der Waals surface area (Å²) in [5.74, 6) is 0. The maximum atomic E-state index is 11.5. The Morgan fingerprint density at radius 3 is 0.642 bits per heavy atom.